The summed E-state index contributed by atoms with van der Waals surface area (Å²) in [4.78, 5) is 0. The molecule has 0 amide bonds. The molecule has 0 aromatic carbocycles. The van der Waals surface area contributed by atoms with Gasteiger partial charge < -0.3 is 10.6 Å². The molecule has 0 aliphatic carbocycles. The minimum Gasteiger partial charge on any atom is -0.364 e. The van der Waals surface area contributed by atoms with Crippen LogP contribution in [0.15, 0.2) is 12.7 Å². The van der Waals surface area contributed by atoms with Crippen LogP contribution in [0.1, 0.15) is 6.92 Å². The standard InChI is InChI=1S/C7H14N4S2.Zn/c1-4-5(2)9-7(13)11-10-6(12)8-3;/h4-5H,1H2,2-3H3,(H2,8,10,12)(H2,9,11,13);/q;+2. The van der Waals surface area contributed by atoms with Gasteiger partial charge in [0, 0.05) is 13.1 Å². The SMILES string of the molecule is C=CC(C)NC(=S)NNC(=S)NC.[Zn+2]. The molecule has 0 aromatic heterocycles. The molecule has 0 rings (SSSR count). The molecule has 1 atom stereocenters. The fourth-order valence-corrected chi connectivity index (χ4v) is 0.766. The molecule has 14 heavy (non-hydrogen) atoms. The Hall–Kier alpha value is -0.257. The van der Waals surface area contributed by atoms with Crippen molar-refractivity contribution >= 4 is 34.7 Å². The Morgan fingerprint density at radius 2 is 1.79 bits per heavy atom. The molecule has 0 spiro atoms. The van der Waals surface area contributed by atoms with Gasteiger partial charge in [-0.05, 0) is 31.4 Å². The van der Waals surface area contributed by atoms with E-state index in [2.05, 4.69) is 28.1 Å². The summed E-state index contributed by atoms with van der Waals surface area (Å²) < 4.78 is 0. The monoisotopic (exact) mass is 282 g/mol. The summed E-state index contributed by atoms with van der Waals surface area (Å²) >= 11 is 9.77. The third-order valence-electron chi connectivity index (χ3n) is 1.23. The van der Waals surface area contributed by atoms with Crippen molar-refractivity contribution in [2.45, 2.75) is 13.0 Å². The van der Waals surface area contributed by atoms with Crippen molar-refractivity contribution in [3.63, 3.8) is 0 Å². The second-order valence-corrected chi connectivity index (χ2v) is 3.14. The molecule has 7 heteroatoms. The zero-order chi connectivity index (χ0) is 10.3. The summed E-state index contributed by atoms with van der Waals surface area (Å²) in [6, 6.07) is 0.130. The van der Waals surface area contributed by atoms with Crippen molar-refractivity contribution in [2.75, 3.05) is 7.05 Å². The van der Waals surface area contributed by atoms with Gasteiger partial charge in [0.1, 0.15) is 0 Å². The number of hydrogen-bond acceptors (Lipinski definition) is 2. The van der Waals surface area contributed by atoms with Gasteiger partial charge in [-0.1, -0.05) is 6.08 Å². The molecule has 0 aliphatic heterocycles. The van der Waals surface area contributed by atoms with Gasteiger partial charge in [0.25, 0.3) is 0 Å². The van der Waals surface area contributed by atoms with Crippen LogP contribution in [0.25, 0.3) is 0 Å². The molecular weight excluding hydrogens is 270 g/mol. The number of nitrogens with one attached hydrogen (secondary N) is 4. The first-order valence-corrected chi connectivity index (χ1v) is 4.58. The Labute approximate surface area is 108 Å². The Balaban J connectivity index is 0. The summed E-state index contributed by atoms with van der Waals surface area (Å²) in [5.74, 6) is 0. The van der Waals surface area contributed by atoms with Crippen LogP contribution in [0.2, 0.25) is 0 Å². The fourth-order valence-electron chi connectivity index (χ4n) is 0.478. The van der Waals surface area contributed by atoms with Gasteiger partial charge in [-0.3, -0.25) is 10.9 Å². The first kappa shape index (κ1) is 16.2. The molecule has 4 nitrogen and oxygen atoms in total. The van der Waals surface area contributed by atoms with E-state index in [0.717, 1.165) is 0 Å². The summed E-state index contributed by atoms with van der Waals surface area (Å²) in [6.45, 7) is 5.56. The van der Waals surface area contributed by atoms with Crippen LogP contribution in [0.5, 0.6) is 0 Å². The van der Waals surface area contributed by atoms with Gasteiger partial charge >= 0.3 is 19.5 Å². The normalized spacial score (nSPS) is 10.1. The molecule has 0 saturated carbocycles. The third-order valence-corrected chi connectivity index (χ3v) is 1.76. The third kappa shape index (κ3) is 8.35. The van der Waals surface area contributed by atoms with E-state index in [1.54, 1.807) is 13.1 Å². The van der Waals surface area contributed by atoms with Gasteiger partial charge in [-0.15, -0.1) is 6.58 Å². The molecule has 0 radical (unpaired) electrons. The van der Waals surface area contributed by atoms with E-state index < -0.39 is 0 Å². The summed E-state index contributed by atoms with van der Waals surface area (Å²) in [7, 11) is 1.72. The van der Waals surface area contributed by atoms with Crippen LogP contribution >= 0.6 is 24.4 Å². The number of hydrogen-bond donors (Lipinski definition) is 4. The van der Waals surface area contributed by atoms with E-state index in [9.17, 15) is 0 Å². The van der Waals surface area contributed by atoms with Gasteiger partial charge in [-0.25, -0.2) is 0 Å². The molecule has 0 bridgehead atoms. The van der Waals surface area contributed by atoms with E-state index in [0.29, 0.717) is 10.2 Å². The van der Waals surface area contributed by atoms with Gasteiger partial charge in [0.2, 0.25) is 0 Å². The summed E-state index contributed by atoms with van der Waals surface area (Å²) in [6.07, 6.45) is 1.75. The molecule has 0 aromatic rings. The van der Waals surface area contributed by atoms with Crippen LogP contribution in [-0.4, -0.2) is 23.3 Å². The smallest absolute Gasteiger partial charge is 0.364 e. The Kier molecular flexibility index (Phi) is 10.8. The average Bonchev–Trinajstić information content (AvgIpc) is 2.13. The average molecular weight is 284 g/mol. The van der Waals surface area contributed by atoms with Crippen molar-refractivity contribution in [3.05, 3.63) is 12.7 Å². The van der Waals surface area contributed by atoms with Gasteiger partial charge in [0.05, 0.1) is 0 Å². The van der Waals surface area contributed by atoms with Gasteiger partial charge in [0.15, 0.2) is 10.2 Å². The second-order valence-electron chi connectivity index (χ2n) is 2.33. The predicted molar refractivity (Wildman–Crippen MR) is 63.3 cm³/mol. The Morgan fingerprint density at radius 1 is 1.29 bits per heavy atom. The van der Waals surface area contributed by atoms with Crippen LogP contribution < -0.4 is 21.5 Å². The summed E-state index contributed by atoms with van der Waals surface area (Å²) in [5, 5.41) is 6.66. The first-order valence-electron chi connectivity index (χ1n) is 3.77. The first-order chi connectivity index (χ1) is 6.10. The topological polar surface area (TPSA) is 48.1 Å². The van der Waals surface area contributed by atoms with Crippen molar-refractivity contribution in [1.29, 1.82) is 0 Å². The zero-order valence-corrected chi connectivity index (χ0v) is 13.0. The molecule has 0 aliphatic rings. The maximum Gasteiger partial charge on any atom is 2.00 e. The van der Waals surface area contributed by atoms with Crippen molar-refractivity contribution in [1.82, 2.24) is 21.5 Å². The van der Waals surface area contributed by atoms with E-state index >= 15 is 0 Å². The van der Waals surface area contributed by atoms with Gasteiger partial charge in [-0.2, -0.15) is 0 Å². The van der Waals surface area contributed by atoms with Crippen LogP contribution in [0.3, 0.4) is 0 Å². The number of thiocarbonyl (C=S) groups is 2. The molecule has 0 fully saturated rings. The number of rotatable bonds is 2. The maximum atomic E-state index is 4.94. The van der Waals surface area contributed by atoms with Crippen LogP contribution in [0, 0.1) is 0 Å². The fraction of sp³-hybridized carbons (Fsp3) is 0.429. The van der Waals surface area contributed by atoms with E-state index in [1.807, 2.05) is 6.92 Å². The Bertz CT molecular complexity index is 210. The molecule has 0 saturated heterocycles. The van der Waals surface area contributed by atoms with Crippen LogP contribution in [0.4, 0.5) is 0 Å². The zero-order valence-electron chi connectivity index (χ0n) is 8.39. The minimum atomic E-state index is 0. The molecule has 74 valence electrons. The quantitative estimate of drug-likeness (QED) is 0.248. The minimum absolute atomic E-state index is 0. The molecule has 0 heterocycles. The predicted octanol–water partition coefficient (Wildman–Crippen LogP) is 0.0314. The Morgan fingerprint density at radius 3 is 2.21 bits per heavy atom. The van der Waals surface area contributed by atoms with E-state index in [-0.39, 0.29) is 25.5 Å². The van der Waals surface area contributed by atoms with Crippen molar-refractivity contribution in [2.24, 2.45) is 0 Å². The van der Waals surface area contributed by atoms with Crippen molar-refractivity contribution < 1.29 is 19.5 Å². The summed E-state index contributed by atoms with van der Waals surface area (Å²) in [5.41, 5.74) is 5.41. The van der Waals surface area contributed by atoms with E-state index in [1.165, 1.54) is 0 Å². The molecule has 4 N–H and O–H groups in total. The molecule has 1 unspecified atom stereocenters. The second kappa shape index (κ2) is 9.30. The number of hydrazine groups is 1. The van der Waals surface area contributed by atoms with E-state index in [4.69, 9.17) is 24.4 Å². The largest absolute Gasteiger partial charge is 2.00 e. The molecular formula is C7H14N4S2Zn+2. The van der Waals surface area contributed by atoms with Crippen LogP contribution in [-0.2, 0) is 19.5 Å². The van der Waals surface area contributed by atoms with Crippen molar-refractivity contribution in [3.8, 4) is 0 Å². The maximum absolute atomic E-state index is 4.94.